The quantitative estimate of drug-likeness (QED) is 0.740. The van der Waals surface area contributed by atoms with Gasteiger partial charge in [0.05, 0.1) is 5.69 Å². The molecule has 0 saturated heterocycles. The van der Waals surface area contributed by atoms with Gasteiger partial charge in [-0.2, -0.15) is 0 Å². The summed E-state index contributed by atoms with van der Waals surface area (Å²) in [5.74, 6) is 2.30. The predicted molar refractivity (Wildman–Crippen MR) is 44.0 cm³/mol. The summed E-state index contributed by atoms with van der Waals surface area (Å²) in [4.78, 5) is 4.33. The molecular weight excluding hydrogens is 154 g/mol. The van der Waals surface area contributed by atoms with Crippen LogP contribution in [0.15, 0.2) is 4.42 Å². The smallest absolute Gasteiger partial charge is 0.197 e. The summed E-state index contributed by atoms with van der Waals surface area (Å²) in [5.41, 5.74) is 0.916. The molecule has 1 heterocycles. The van der Waals surface area contributed by atoms with E-state index in [2.05, 4.69) is 4.98 Å². The number of hydrogen-bond acceptors (Lipinski definition) is 3. The summed E-state index contributed by atoms with van der Waals surface area (Å²) in [7, 11) is 0. The molecule has 0 bridgehead atoms. The van der Waals surface area contributed by atoms with Crippen LogP contribution in [0.2, 0.25) is 0 Å². The number of aromatic nitrogens is 1. The van der Waals surface area contributed by atoms with E-state index in [4.69, 9.17) is 9.52 Å². The molecule has 1 aliphatic rings. The second kappa shape index (κ2) is 2.90. The highest BCUT2D eigenvalue weighted by atomic mass is 16.4. The van der Waals surface area contributed by atoms with Gasteiger partial charge in [-0.25, -0.2) is 4.98 Å². The van der Waals surface area contributed by atoms with E-state index in [0.717, 1.165) is 17.3 Å². The molecular formula is C9H13NO2. The van der Waals surface area contributed by atoms with Crippen LogP contribution in [0.25, 0.3) is 0 Å². The van der Waals surface area contributed by atoms with Crippen molar-refractivity contribution in [1.29, 1.82) is 0 Å². The van der Waals surface area contributed by atoms with Crippen molar-refractivity contribution >= 4 is 0 Å². The van der Waals surface area contributed by atoms with Crippen LogP contribution in [0.1, 0.15) is 36.1 Å². The second-order valence-corrected chi connectivity index (χ2v) is 3.30. The Balaban J connectivity index is 2.18. The van der Waals surface area contributed by atoms with Crippen molar-refractivity contribution in [3.63, 3.8) is 0 Å². The van der Waals surface area contributed by atoms with Gasteiger partial charge in [-0.3, -0.25) is 0 Å². The minimum absolute atomic E-state index is 0.150. The topological polar surface area (TPSA) is 46.3 Å². The summed E-state index contributed by atoms with van der Waals surface area (Å²) >= 11 is 0. The van der Waals surface area contributed by atoms with Crippen LogP contribution in [0, 0.1) is 6.92 Å². The third-order valence-electron chi connectivity index (χ3n) is 2.18. The molecule has 0 aromatic carbocycles. The lowest BCUT2D eigenvalue weighted by atomic mass is 10.3. The molecule has 1 fully saturated rings. The lowest BCUT2D eigenvalue weighted by Gasteiger charge is -1.88. The zero-order chi connectivity index (χ0) is 8.55. The average molecular weight is 167 g/mol. The first-order chi connectivity index (χ1) is 5.81. The maximum absolute atomic E-state index is 8.73. The van der Waals surface area contributed by atoms with Crippen molar-refractivity contribution in [2.24, 2.45) is 0 Å². The molecule has 2 rings (SSSR count). The average Bonchev–Trinajstić information content (AvgIpc) is 2.80. The Morgan fingerprint density at radius 3 is 2.92 bits per heavy atom. The molecule has 0 aliphatic heterocycles. The van der Waals surface area contributed by atoms with Crippen LogP contribution in [0.4, 0.5) is 0 Å². The van der Waals surface area contributed by atoms with E-state index in [1.54, 1.807) is 0 Å². The first-order valence-electron chi connectivity index (χ1n) is 4.38. The Hall–Kier alpha value is -0.830. The maximum atomic E-state index is 8.73. The van der Waals surface area contributed by atoms with Crippen LogP contribution in [-0.4, -0.2) is 16.7 Å². The molecule has 0 spiro atoms. The maximum Gasteiger partial charge on any atom is 0.197 e. The predicted octanol–water partition coefficient (Wildman–Crippen LogP) is 1.40. The fourth-order valence-corrected chi connectivity index (χ4v) is 1.29. The number of oxazole rings is 1. The van der Waals surface area contributed by atoms with Gasteiger partial charge in [-0.15, -0.1) is 0 Å². The third kappa shape index (κ3) is 1.37. The molecule has 1 aliphatic carbocycles. The van der Waals surface area contributed by atoms with Crippen molar-refractivity contribution in [1.82, 2.24) is 4.98 Å². The lowest BCUT2D eigenvalue weighted by Crippen LogP contribution is -1.92. The number of nitrogens with zero attached hydrogens (tertiary/aromatic N) is 1. The molecule has 0 unspecified atom stereocenters. The molecule has 1 N–H and O–H groups in total. The number of hydrogen-bond donors (Lipinski definition) is 1. The van der Waals surface area contributed by atoms with Crippen LogP contribution in [0.5, 0.6) is 0 Å². The van der Waals surface area contributed by atoms with Crippen molar-refractivity contribution in [3.05, 3.63) is 17.3 Å². The summed E-state index contributed by atoms with van der Waals surface area (Å²) in [5, 5.41) is 8.73. The minimum atomic E-state index is 0.150. The number of rotatable bonds is 3. The number of aryl methyl sites for hydroxylation is 1. The zero-order valence-electron chi connectivity index (χ0n) is 7.21. The minimum Gasteiger partial charge on any atom is -0.445 e. The van der Waals surface area contributed by atoms with Gasteiger partial charge in [0, 0.05) is 18.9 Å². The molecule has 12 heavy (non-hydrogen) atoms. The largest absolute Gasteiger partial charge is 0.445 e. The van der Waals surface area contributed by atoms with E-state index in [-0.39, 0.29) is 6.61 Å². The first kappa shape index (κ1) is 7.80. The van der Waals surface area contributed by atoms with E-state index in [9.17, 15) is 0 Å². The second-order valence-electron chi connectivity index (χ2n) is 3.30. The van der Waals surface area contributed by atoms with Crippen LogP contribution in [-0.2, 0) is 6.42 Å². The number of aliphatic hydroxyl groups is 1. The Morgan fingerprint density at radius 2 is 2.33 bits per heavy atom. The molecule has 3 heteroatoms. The molecule has 66 valence electrons. The third-order valence-corrected chi connectivity index (χ3v) is 2.18. The summed E-state index contributed by atoms with van der Waals surface area (Å²) in [6.45, 7) is 2.06. The van der Waals surface area contributed by atoms with E-state index < -0.39 is 0 Å². The zero-order valence-corrected chi connectivity index (χ0v) is 7.21. The summed E-state index contributed by atoms with van der Waals surface area (Å²) < 4.78 is 5.47. The molecule has 0 radical (unpaired) electrons. The van der Waals surface area contributed by atoms with Crippen LogP contribution < -0.4 is 0 Å². The highest BCUT2D eigenvalue weighted by molar-refractivity contribution is 5.13. The molecule has 1 aromatic heterocycles. The van der Waals surface area contributed by atoms with Gasteiger partial charge in [-0.05, 0) is 19.8 Å². The van der Waals surface area contributed by atoms with E-state index in [0.29, 0.717) is 12.3 Å². The first-order valence-corrected chi connectivity index (χ1v) is 4.38. The monoisotopic (exact) mass is 167 g/mol. The van der Waals surface area contributed by atoms with Crippen molar-refractivity contribution in [2.45, 2.75) is 32.1 Å². The summed E-state index contributed by atoms with van der Waals surface area (Å²) in [6, 6.07) is 0. The summed E-state index contributed by atoms with van der Waals surface area (Å²) in [6.07, 6.45) is 3.03. The van der Waals surface area contributed by atoms with Crippen molar-refractivity contribution in [3.8, 4) is 0 Å². The van der Waals surface area contributed by atoms with Crippen molar-refractivity contribution < 1.29 is 9.52 Å². The standard InChI is InChI=1S/C9H13NO2/c1-6-8(4-5-11)10-9(12-6)7-2-3-7/h7,11H,2-5H2,1H3. The van der Waals surface area contributed by atoms with E-state index >= 15 is 0 Å². The fourth-order valence-electron chi connectivity index (χ4n) is 1.29. The van der Waals surface area contributed by atoms with Gasteiger partial charge in [0.2, 0.25) is 0 Å². The Morgan fingerprint density at radius 1 is 1.58 bits per heavy atom. The molecule has 1 saturated carbocycles. The molecule has 0 atom stereocenters. The fraction of sp³-hybridized carbons (Fsp3) is 0.667. The Labute approximate surface area is 71.4 Å². The van der Waals surface area contributed by atoms with Gasteiger partial charge in [0.1, 0.15) is 5.76 Å². The van der Waals surface area contributed by atoms with Gasteiger partial charge in [-0.1, -0.05) is 0 Å². The van der Waals surface area contributed by atoms with Crippen LogP contribution in [0.3, 0.4) is 0 Å². The van der Waals surface area contributed by atoms with E-state index in [1.165, 1.54) is 12.8 Å². The molecule has 1 aromatic rings. The SMILES string of the molecule is Cc1oc(C2CC2)nc1CCO. The molecule has 3 nitrogen and oxygen atoms in total. The van der Waals surface area contributed by atoms with Crippen molar-refractivity contribution in [2.75, 3.05) is 6.61 Å². The van der Waals surface area contributed by atoms with Gasteiger partial charge in [0.15, 0.2) is 5.89 Å². The highest BCUT2D eigenvalue weighted by Crippen LogP contribution is 2.39. The van der Waals surface area contributed by atoms with Gasteiger partial charge >= 0.3 is 0 Å². The Bertz CT molecular complexity index is 276. The highest BCUT2D eigenvalue weighted by Gasteiger charge is 2.29. The van der Waals surface area contributed by atoms with E-state index in [1.807, 2.05) is 6.92 Å². The lowest BCUT2D eigenvalue weighted by molar-refractivity contribution is 0.297. The molecule has 0 amide bonds. The number of aliphatic hydroxyl groups excluding tert-OH is 1. The van der Waals surface area contributed by atoms with Gasteiger partial charge in [0.25, 0.3) is 0 Å². The normalized spacial score (nSPS) is 16.8. The van der Waals surface area contributed by atoms with Crippen LogP contribution >= 0.6 is 0 Å². The Kier molecular flexibility index (Phi) is 1.89. The van der Waals surface area contributed by atoms with Gasteiger partial charge < -0.3 is 9.52 Å².